The Morgan fingerprint density at radius 2 is 1.37 bits per heavy atom. The third-order valence-electron chi connectivity index (χ3n) is 7.92. The molecule has 2 heterocycles. The van der Waals surface area contributed by atoms with E-state index in [-0.39, 0.29) is 33.6 Å². The van der Waals surface area contributed by atoms with E-state index < -0.39 is 98.5 Å². The van der Waals surface area contributed by atoms with E-state index in [0.29, 0.717) is 0 Å². The van der Waals surface area contributed by atoms with Crippen LogP contribution in [0.5, 0.6) is 11.5 Å². The Bertz CT molecular complexity index is 1280. The van der Waals surface area contributed by atoms with Crippen LogP contribution in [0.25, 0.3) is 0 Å². The monoisotopic (exact) mass is 580 g/mol. The lowest BCUT2D eigenvalue weighted by Gasteiger charge is -2.45. The minimum Gasteiger partial charge on any atom is -0.507 e. The molecule has 0 spiro atoms. The Balaban J connectivity index is 1.65. The first-order chi connectivity index (χ1) is 19.5. The van der Waals surface area contributed by atoms with Crippen LogP contribution in [0.1, 0.15) is 38.5 Å². The van der Waals surface area contributed by atoms with Gasteiger partial charge in [-0.15, -0.1) is 0 Å². The highest BCUT2D eigenvalue weighted by Crippen LogP contribution is 2.48. The molecule has 2 aromatic rings. The number of aliphatic hydroxyl groups excluding tert-OH is 9. The predicted octanol–water partition coefficient (Wildman–Crippen LogP) is -3.42. The number of benzene rings is 2. The fourth-order valence-electron chi connectivity index (χ4n) is 5.78. The van der Waals surface area contributed by atoms with E-state index in [1.165, 1.54) is 30.3 Å². The quantitative estimate of drug-likeness (QED) is 0.160. The number of hydrogen-bond donors (Lipinski definition) is 10. The molecule has 2 aromatic carbocycles. The standard InChI is InChI=1S/C27H32O14/c28-6-9-4-11-16(26-24(37)22(35)19(32)14(7-29)39-26)10-2-1-3-13(18(10)21(34)17(11)12(31)5-9)40-27-25(38)23(36)20(33)15(8-30)41-27/h1-5,14-16,19-20,22-33,35-38H,6-8H2/t14-,15+,16+,19-,20+,22+,23-,24-,25+,26+,27-/m0/s1. The smallest absolute Gasteiger partial charge is 0.229 e. The Morgan fingerprint density at radius 3 is 2.00 bits per heavy atom. The van der Waals surface area contributed by atoms with Crippen molar-refractivity contribution in [1.29, 1.82) is 0 Å². The molecule has 5 rings (SSSR count). The highest BCUT2D eigenvalue weighted by molar-refractivity contribution is 6.16. The molecule has 0 saturated carbocycles. The van der Waals surface area contributed by atoms with E-state index in [4.69, 9.17) is 14.2 Å². The fourth-order valence-corrected chi connectivity index (χ4v) is 5.78. The lowest BCUT2D eigenvalue weighted by atomic mass is 9.71. The van der Waals surface area contributed by atoms with Gasteiger partial charge in [-0.2, -0.15) is 0 Å². The molecule has 3 aliphatic rings. The minimum atomic E-state index is -1.80. The minimum absolute atomic E-state index is 0.126. The van der Waals surface area contributed by atoms with E-state index in [1.807, 2.05) is 0 Å². The van der Waals surface area contributed by atoms with E-state index in [1.54, 1.807) is 0 Å². The molecule has 11 atom stereocenters. The molecule has 0 unspecified atom stereocenters. The number of ketones is 1. The Hall–Kier alpha value is -2.73. The van der Waals surface area contributed by atoms with Crippen molar-refractivity contribution < 1.29 is 70.1 Å². The van der Waals surface area contributed by atoms with Gasteiger partial charge in [0.05, 0.1) is 37.1 Å². The van der Waals surface area contributed by atoms with Gasteiger partial charge in [-0.1, -0.05) is 18.2 Å². The van der Waals surface area contributed by atoms with Gasteiger partial charge in [0.15, 0.2) is 0 Å². The molecule has 10 N–H and O–H groups in total. The van der Waals surface area contributed by atoms with Gasteiger partial charge >= 0.3 is 0 Å². The maximum absolute atomic E-state index is 13.9. The van der Waals surface area contributed by atoms with Crippen molar-refractivity contribution in [2.45, 2.75) is 73.8 Å². The molecule has 0 aromatic heterocycles. The highest BCUT2D eigenvalue weighted by Gasteiger charge is 2.51. The topological polar surface area (TPSA) is 247 Å². The van der Waals surface area contributed by atoms with Gasteiger partial charge in [0.2, 0.25) is 12.1 Å². The molecule has 224 valence electrons. The molecule has 1 aliphatic carbocycles. The first kappa shape index (κ1) is 29.8. The summed E-state index contributed by atoms with van der Waals surface area (Å²) in [6.07, 6.45) is -16.0. The first-order valence-electron chi connectivity index (χ1n) is 13.0. The Kier molecular flexibility index (Phi) is 8.35. The van der Waals surface area contributed by atoms with Crippen molar-refractivity contribution in [3.05, 3.63) is 58.1 Å². The average Bonchev–Trinajstić information content (AvgIpc) is 2.96. The second kappa shape index (κ2) is 11.5. The van der Waals surface area contributed by atoms with E-state index in [9.17, 15) is 55.9 Å². The third kappa shape index (κ3) is 4.90. The summed E-state index contributed by atoms with van der Waals surface area (Å²) in [6, 6.07) is 6.89. The Labute approximate surface area is 232 Å². The Morgan fingerprint density at radius 1 is 0.732 bits per heavy atom. The molecule has 14 heteroatoms. The number of aliphatic hydroxyl groups is 9. The van der Waals surface area contributed by atoms with Gasteiger partial charge in [-0.3, -0.25) is 4.79 Å². The van der Waals surface area contributed by atoms with Crippen molar-refractivity contribution in [2.75, 3.05) is 13.2 Å². The van der Waals surface area contributed by atoms with E-state index in [2.05, 4.69) is 0 Å². The van der Waals surface area contributed by atoms with Crippen LogP contribution in [0, 0.1) is 0 Å². The molecule has 2 saturated heterocycles. The molecule has 14 nitrogen and oxygen atoms in total. The van der Waals surface area contributed by atoms with Crippen molar-refractivity contribution in [2.24, 2.45) is 0 Å². The number of ether oxygens (including phenoxy) is 3. The van der Waals surface area contributed by atoms with Gasteiger partial charge in [0.25, 0.3) is 0 Å². The maximum Gasteiger partial charge on any atom is 0.229 e. The summed E-state index contributed by atoms with van der Waals surface area (Å²) >= 11 is 0. The van der Waals surface area contributed by atoms with Gasteiger partial charge in [-0.25, -0.2) is 0 Å². The summed E-state index contributed by atoms with van der Waals surface area (Å²) < 4.78 is 17.1. The van der Waals surface area contributed by atoms with Crippen LogP contribution < -0.4 is 4.74 Å². The summed E-state index contributed by atoms with van der Waals surface area (Å²) in [5.74, 6) is -2.58. The molecular weight excluding hydrogens is 548 g/mol. The summed E-state index contributed by atoms with van der Waals surface area (Å²) in [5.41, 5.74) is 0.123. The van der Waals surface area contributed by atoms with Crippen molar-refractivity contribution in [3.8, 4) is 11.5 Å². The zero-order chi connectivity index (χ0) is 29.7. The van der Waals surface area contributed by atoms with Crippen LogP contribution in [0.2, 0.25) is 0 Å². The SMILES string of the molecule is O=C1c2c(O)cc(CO)cc2[C@H]([C@H]2O[C@@H](CO)[C@H](O)[C@@H](O)[C@@H]2O)c2cccc(O[C@H]3O[C@H](CO)[C@@H](O)[C@H](O)[C@H]3O)c21. The summed E-state index contributed by atoms with van der Waals surface area (Å²) in [7, 11) is 0. The molecular formula is C27H32O14. The lowest BCUT2D eigenvalue weighted by molar-refractivity contribution is -0.277. The average molecular weight is 581 g/mol. The second-order valence-corrected chi connectivity index (χ2v) is 10.4. The van der Waals surface area contributed by atoms with Crippen molar-refractivity contribution in [3.63, 3.8) is 0 Å². The molecule has 41 heavy (non-hydrogen) atoms. The zero-order valence-electron chi connectivity index (χ0n) is 21.5. The summed E-state index contributed by atoms with van der Waals surface area (Å²) in [5, 5.41) is 103. The van der Waals surface area contributed by atoms with E-state index in [0.717, 1.165) is 0 Å². The normalized spacial score (nSPS) is 36.9. The number of phenolic OH excluding ortho intramolecular Hbond substituents is 1. The number of carbonyl (C=O) groups is 1. The fraction of sp³-hybridized carbons (Fsp3) is 0.519. The summed E-state index contributed by atoms with van der Waals surface area (Å²) in [6.45, 7) is -1.94. The van der Waals surface area contributed by atoms with Crippen LogP contribution in [0.15, 0.2) is 30.3 Å². The van der Waals surface area contributed by atoms with Crippen LogP contribution in [0.4, 0.5) is 0 Å². The molecule has 0 radical (unpaired) electrons. The second-order valence-electron chi connectivity index (χ2n) is 10.4. The number of carbonyl (C=O) groups excluding carboxylic acids is 1. The van der Waals surface area contributed by atoms with Crippen LogP contribution in [-0.4, -0.2) is 131 Å². The van der Waals surface area contributed by atoms with Gasteiger partial charge in [0.1, 0.15) is 60.3 Å². The molecule has 2 fully saturated rings. The lowest BCUT2D eigenvalue weighted by Crippen LogP contribution is -2.60. The number of aromatic hydroxyl groups is 1. The highest BCUT2D eigenvalue weighted by atomic mass is 16.7. The van der Waals surface area contributed by atoms with Gasteiger partial charge in [0, 0.05) is 5.92 Å². The molecule has 0 bridgehead atoms. The van der Waals surface area contributed by atoms with Crippen LogP contribution in [0.3, 0.4) is 0 Å². The zero-order valence-corrected chi connectivity index (χ0v) is 21.5. The number of rotatable bonds is 6. The van der Waals surface area contributed by atoms with Gasteiger partial charge < -0.3 is 65.3 Å². The predicted molar refractivity (Wildman–Crippen MR) is 134 cm³/mol. The van der Waals surface area contributed by atoms with Gasteiger partial charge in [-0.05, 0) is 28.8 Å². The van der Waals surface area contributed by atoms with Crippen molar-refractivity contribution in [1.82, 2.24) is 0 Å². The largest absolute Gasteiger partial charge is 0.507 e. The van der Waals surface area contributed by atoms with Crippen LogP contribution >= 0.6 is 0 Å². The number of hydrogen-bond acceptors (Lipinski definition) is 14. The van der Waals surface area contributed by atoms with Crippen LogP contribution in [-0.2, 0) is 16.1 Å². The number of phenols is 1. The third-order valence-corrected chi connectivity index (χ3v) is 7.92. The van der Waals surface area contributed by atoms with E-state index >= 15 is 0 Å². The molecule has 2 aliphatic heterocycles. The number of fused-ring (bicyclic) bond motifs is 2. The maximum atomic E-state index is 13.9. The van der Waals surface area contributed by atoms with Crippen molar-refractivity contribution >= 4 is 5.78 Å². The summed E-state index contributed by atoms with van der Waals surface area (Å²) in [4.78, 5) is 13.9. The molecule has 0 amide bonds. The first-order valence-corrected chi connectivity index (χ1v) is 13.0.